The van der Waals surface area contributed by atoms with Gasteiger partial charge in [0.2, 0.25) is 0 Å². The predicted octanol–water partition coefficient (Wildman–Crippen LogP) is 3.27. The first-order chi connectivity index (χ1) is 11.8. The normalized spacial score (nSPS) is 11.6. The first kappa shape index (κ1) is 19.3. The molecule has 25 heavy (non-hydrogen) atoms. The Labute approximate surface area is 148 Å². The van der Waals surface area contributed by atoms with Gasteiger partial charge >= 0.3 is 6.18 Å². The highest BCUT2D eigenvalue weighted by Crippen LogP contribution is 2.33. The van der Waals surface area contributed by atoms with E-state index in [1.165, 1.54) is 24.3 Å². The van der Waals surface area contributed by atoms with Crippen molar-refractivity contribution in [2.75, 3.05) is 19.6 Å². The molecule has 2 aromatic rings. The number of nitrogens with zero attached hydrogens (tertiary/aromatic N) is 2. The third-order valence-electron chi connectivity index (χ3n) is 3.37. The molecule has 0 saturated heterocycles. The Morgan fingerprint density at radius 2 is 1.88 bits per heavy atom. The number of nitrogens with one attached hydrogen (secondary N) is 2. The highest BCUT2D eigenvalue weighted by atomic mass is 35.5. The molecule has 9 heteroatoms. The second kappa shape index (κ2) is 8.35. The van der Waals surface area contributed by atoms with Gasteiger partial charge in [-0.2, -0.15) is 18.3 Å². The fraction of sp³-hybridized carbons (Fsp3) is 0.375. The average Bonchev–Trinajstić information content (AvgIpc) is 3.00. The van der Waals surface area contributed by atoms with Gasteiger partial charge in [-0.1, -0.05) is 18.5 Å². The van der Waals surface area contributed by atoms with Crippen LogP contribution in [0.1, 0.15) is 29.4 Å². The third-order valence-corrected chi connectivity index (χ3v) is 3.62. The van der Waals surface area contributed by atoms with Crippen LogP contribution in [0.15, 0.2) is 30.5 Å². The first-order valence-corrected chi connectivity index (χ1v) is 8.12. The van der Waals surface area contributed by atoms with Gasteiger partial charge in [-0.3, -0.25) is 4.79 Å². The van der Waals surface area contributed by atoms with Crippen LogP contribution in [0.25, 0.3) is 5.69 Å². The van der Waals surface area contributed by atoms with Crippen LogP contribution in [-0.2, 0) is 6.18 Å². The Kier molecular flexibility index (Phi) is 6.44. The number of hydrogen-bond donors (Lipinski definition) is 2. The van der Waals surface area contributed by atoms with Gasteiger partial charge in [-0.15, -0.1) is 0 Å². The molecule has 0 bridgehead atoms. The Morgan fingerprint density at radius 3 is 2.48 bits per heavy atom. The number of aromatic nitrogens is 2. The van der Waals surface area contributed by atoms with Crippen molar-refractivity contribution in [3.63, 3.8) is 0 Å². The van der Waals surface area contributed by atoms with Crippen LogP contribution in [0.2, 0.25) is 5.02 Å². The monoisotopic (exact) mass is 374 g/mol. The van der Waals surface area contributed by atoms with Crippen molar-refractivity contribution >= 4 is 17.5 Å². The molecule has 0 spiro atoms. The number of alkyl halides is 3. The molecule has 2 N–H and O–H groups in total. The van der Waals surface area contributed by atoms with Crippen molar-refractivity contribution in [1.29, 1.82) is 0 Å². The lowest BCUT2D eigenvalue weighted by Gasteiger charge is -2.13. The lowest BCUT2D eigenvalue weighted by Crippen LogP contribution is -2.33. The van der Waals surface area contributed by atoms with E-state index in [9.17, 15) is 18.0 Å². The van der Waals surface area contributed by atoms with E-state index in [0.717, 1.165) is 19.2 Å². The van der Waals surface area contributed by atoms with Crippen molar-refractivity contribution in [2.24, 2.45) is 0 Å². The summed E-state index contributed by atoms with van der Waals surface area (Å²) in [5, 5.41) is 9.65. The highest BCUT2D eigenvalue weighted by Gasteiger charge is 2.40. The number of carbonyl (C=O) groups excluding carboxylic acids is 1. The average molecular weight is 375 g/mol. The maximum atomic E-state index is 13.5. The Morgan fingerprint density at radius 1 is 1.20 bits per heavy atom. The molecule has 0 fully saturated rings. The van der Waals surface area contributed by atoms with Crippen molar-refractivity contribution in [2.45, 2.75) is 19.5 Å². The zero-order chi connectivity index (χ0) is 18.4. The van der Waals surface area contributed by atoms with Gasteiger partial charge < -0.3 is 10.6 Å². The quantitative estimate of drug-likeness (QED) is 0.731. The van der Waals surface area contributed by atoms with Gasteiger partial charge in [-0.05, 0) is 37.2 Å². The zero-order valence-electron chi connectivity index (χ0n) is 13.5. The van der Waals surface area contributed by atoms with Gasteiger partial charge in [0.1, 0.15) is 0 Å². The van der Waals surface area contributed by atoms with E-state index in [0.29, 0.717) is 16.2 Å². The SMILES string of the molecule is CCCNCCNC(=O)c1cnn(-c2ccc(Cl)cc2)c1C(F)(F)F. The standard InChI is InChI=1S/C16H18ClF3N4O/c1-2-7-21-8-9-22-15(25)13-10-23-24(14(13)16(18,19)20)12-5-3-11(17)4-6-12/h3-6,10,21H,2,7-9H2,1H3,(H,22,25). The minimum atomic E-state index is -4.73. The summed E-state index contributed by atoms with van der Waals surface area (Å²) in [6, 6.07) is 5.72. The molecule has 0 unspecified atom stereocenters. The Hall–Kier alpha value is -2.06. The van der Waals surface area contributed by atoms with Crippen LogP contribution in [0.4, 0.5) is 13.2 Å². The van der Waals surface area contributed by atoms with Crippen LogP contribution in [0.3, 0.4) is 0 Å². The molecule has 0 atom stereocenters. The van der Waals surface area contributed by atoms with Crippen molar-refractivity contribution in [3.05, 3.63) is 46.7 Å². The van der Waals surface area contributed by atoms with Crippen LogP contribution in [0.5, 0.6) is 0 Å². The summed E-state index contributed by atoms with van der Waals surface area (Å²) in [6.07, 6.45) is -2.88. The minimum Gasteiger partial charge on any atom is -0.351 e. The number of hydrogen-bond acceptors (Lipinski definition) is 3. The predicted molar refractivity (Wildman–Crippen MR) is 89.1 cm³/mol. The molecule has 5 nitrogen and oxygen atoms in total. The van der Waals surface area contributed by atoms with E-state index >= 15 is 0 Å². The van der Waals surface area contributed by atoms with Gasteiger partial charge in [0.25, 0.3) is 5.91 Å². The Bertz CT molecular complexity index is 713. The highest BCUT2D eigenvalue weighted by molar-refractivity contribution is 6.30. The van der Waals surface area contributed by atoms with Crippen molar-refractivity contribution in [3.8, 4) is 5.69 Å². The fourth-order valence-electron chi connectivity index (χ4n) is 2.23. The van der Waals surface area contributed by atoms with Gasteiger partial charge in [0, 0.05) is 18.1 Å². The molecule has 136 valence electrons. The van der Waals surface area contributed by atoms with Crippen LogP contribution < -0.4 is 10.6 Å². The second-order valence-corrected chi connectivity index (χ2v) is 5.74. The molecule has 1 aromatic carbocycles. The largest absolute Gasteiger partial charge is 0.434 e. The van der Waals surface area contributed by atoms with Crippen molar-refractivity contribution < 1.29 is 18.0 Å². The summed E-state index contributed by atoms with van der Waals surface area (Å²) in [4.78, 5) is 12.1. The molecule has 1 heterocycles. The maximum absolute atomic E-state index is 13.5. The first-order valence-electron chi connectivity index (χ1n) is 7.74. The molecule has 0 radical (unpaired) electrons. The van der Waals surface area contributed by atoms with E-state index in [2.05, 4.69) is 15.7 Å². The van der Waals surface area contributed by atoms with E-state index in [4.69, 9.17) is 11.6 Å². The number of amides is 1. The number of halogens is 4. The molecule has 1 aromatic heterocycles. The van der Waals surface area contributed by atoms with Crippen LogP contribution in [0, 0.1) is 0 Å². The molecule has 0 aliphatic carbocycles. The van der Waals surface area contributed by atoms with Crippen LogP contribution in [-0.4, -0.2) is 35.3 Å². The molecule has 0 aliphatic heterocycles. The minimum absolute atomic E-state index is 0.167. The van der Waals surface area contributed by atoms with Gasteiger partial charge in [0.15, 0.2) is 5.69 Å². The lowest BCUT2D eigenvalue weighted by atomic mass is 10.2. The molecular weight excluding hydrogens is 357 g/mol. The summed E-state index contributed by atoms with van der Waals surface area (Å²) < 4.78 is 41.1. The Balaban J connectivity index is 2.24. The van der Waals surface area contributed by atoms with Gasteiger partial charge in [-0.25, -0.2) is 4.68 Å². The van der Waals surface area contributed by atoms with E-state index < -0.39 is 23.3 Å². The molecule has 0 aliphatic rings. The van der Waals surface area contributed by atoms with Gasteiger partial charge in [0.05, 0.1) is 17.4 Å². The van der Waals surface area contributed by atoms with Crippen LogP contribution >= 0.6 is 11.6 Å². The smallest absolute Gasteiger partial charge is 0.351 e. The second-order valence-electron chi connectivity index (χ2n) is 5.30. The summed E-state index contributed by atoms with van der Waals surface area (Å²) in [7, 11) is 0. The van der Waals surface area contributed by atoms with E-state index in [1.807, 2.05) is 6.92 Å². The number of benzene rings is 1. The summed E-state index contributed by atoms with van der Waals surface area (Å²) in [6.45, 7) is 3.47. The third kappa shape index (κ3) is 4.96. The number of carbonyl (C=O) groups is 1. The number of rotatable bonds is 7. The molecular formula is C16H18ClF3N4O. The summed E-state index contributed by atoms with van der Waals surface area (Å²) in [5.41, 5.74) is -1.47. The summed E-state index contributed by atoms with van der Waals surface area (Å²) >= 11 is 5.76. The maximum Gasteiger partial charge on any atom is 0.434 e. The van der Waals surface area contributed by atoms with E-state index in [-0.39, 0.29) is 12.2 Å². The van der Waals surface area contributed by atoms with E-state index in [1.54, 1.807) is 0 Å². The zero-order valence-corrected chi connectivity index (χ0v) is 14.3. The fourth-order valence-corrected chi connectivity index (χ4v) is 2.35. The lowest BCUT2D eigenvalue weighted by molar-refractivity contribution is -0.143. The molecule has 0 saturated carbocycles. The van der Waals surface area contributed by atoms with Crippen molar-refractivity contribution in [1.82, 2.24) is 20.4 Å². The summed E-state index contributed by atoms with van der Waals surface area (Å²) in [5.74, 6) is -0.814. The molecule has 2 rings (SSSR count). The molecule has 1 amide bonds. The topological polar surface area (TPSA) is 58.9 Å².